The minimum absolute atomic E-state index is 0.00753. The lowest BCUT2D eigenvalue weighted by Gasteiger charge is -2.35. The van der Waals surface area contributed by atoms with E-state index in [4.69, 9.17) is 14.6 Å². The van der Waals surface area contributed by atoms with E-state index in [9.17, 15) is 9.90 Å². The molecule has 2 rings (SSSR count). The number of anilines is 1. The maximum absolute atomic E-state index is 12.4. The Morgan fingerprint density at radius 2 is 2.14 bits per heavy atom. The second kappa shape index (κ2) is 6.78. The van der Waals surface area contributed by atoms with E-state index in [1.54, 1.807) is 17.0 Å². The highest BCUT2D eigenvalue weighted by Gasteiger charge is 2.35. The van der Waals surface area contributed by atoms with Gasteiger partial charge in [-0.2, -0.15) is 0 Å². The van der Waals surface area contributed by atoms with Crippen molar-refractivity contribution in [1.82, 2.24) is 0 Å². The monoisotopic (exact) mass is 295 g/mol. The van der Waals surface area contributed by atoms with E-state index in [1.807, 2.05) is 6.92 Å². The molecule has 0 bridgehead atoms. The number of aliphatic hydroxyl groups is 2. The lowest BCUT2D eigenvalue weighted by atomic mass is 10.1. The fraction of sp³-hybridized carbons (Fsp3) is 0.533. The normalized spacial score (nSPS) is 17.4. The summed E-state index contributed by atoms with van der Waals surface area (Å²) in [7, 11) is 1.52. The summed E-state index contributed by atoms with van der Waals surface area (Å²) >= 11 is 0. The zero-order valence-corrected chi connectivity index (χ0v) is 12.3. The fourth-order valence-corrected chi connectivity index (χ4v) is 2.41. The zero-order valence-electron chi connectivity index (χ0n) is 12.3. The van der Waals surface area contributed by atoms with Crippen LogP contribution in [0.25, 0.3) is 0 Å². The van der Waals surface area contributed by atoms with Gasteiger partial charge in [0.15, 0.2) is 17.6 Å². The van der Waals surface area contributed by atoms with Gasteiger partial charge in [-0.05, 0) is 30.5 Å². The topological polar surface area (TPSA) is 79.2 Å². The van der Waals surface area contributed by atoms with Gasteiger partial charge < -0.3 is 24.6 Å². The second-order valence-electron chi connectivity index (χ2n) is 4.89. The number of aliphatic hydroxyl groups excluding tert-OH is 2. The van der Waals surface area contributed by atoms with Crippen LogP contribution in [-0.2, 0) is 11.4 Å². The van der Waals surface area contributed by atoms with Gasteiger partial charge in [0, 0.05) is 13.2 Å². The molecular weight excluding hydrogens is 274 g/mol. The Kier molecular flexibility index (Phi) is 5.03. The van der Waals surface area contributed by atoms with Crippen LogP contribution in [0.2, 0.25) is 0 Å². The van der Waals surface area contributed by atoms with Crippen molar-refractivity contribution < 1.29 is 24.5 Å². The number of methoxy groups -OCH3 is 1. The summed E-state index contributed by atoms with van der Waals surface area (Å²) in [5.41, 5.74) is 1.23. The predicted octanol–water partition coefficient (Wildman–Crippen LogP) is 1.07. The van der Waals surface area contributed by atoms with Gasteiger partial charge in [0.05, 0.1) is 19.4 Å². The van der Waals surface area contributed by atoms with Crippen LogP contribution in [-0.4, -0.2) is 42.5 Å². The van der Waals surface area contributed by atoms with Crippen LogP contribution >= 0.6 is 0 Å². The van der Waals surface area contributed by atoms with Gasteiger partial charge in [0.1, 0.15) is 0 Å². The minimum atomic E-state index is -0.551. The van der Waals surface area contributed by atoms with Crippen molar-refractivity contribution >= 4 is 11.6 Å². The van der Waals surface area contributed by atoms with E-state index >= 15 is 0 Å². The van der Waals surface area contributed by atoms with Crippen molar-refractivity contribution in [2.75, 3.05) is 25.2 Å². The maximum atomic E-state index is 12.4. The van der Waals surface area contributed by atoms with Gasteiger partial charge in [0.2, 0.25) is 0 Å². The third-order valence-electron chi connectivity index (χ3n) is 3.50. The van der Waals surface area contributed by atoms with E-state index in [0.29, 0.717) is 42.1 Å². The zero-order chi connectivity index (χ0) is 15.4. The summed E-state index contributed by atoms with van der Waals surface area (Å²) in [6, 6.07) is 3.42. The summed E-state index contributed by atoms with van der Waals surface area (Å²) in [6.45, 7) is 2.14. The van der Waals surface area contributed by atoms with Crippen LogP contribution in [0, 0.1) is 0 Å². The van der Waals surface area contributed by atoms with Gasteiger partial charge in [-0.1, -0.05) is 6.92 Å². The number of benzene rings is 1. The van der Waals surface area contributed by atoms with Crippen LogP contribution in [0.1, 0.15) is 25.3 Å². The van der Waals surface area contributed by atoms with Crippen LogP contribution in [0.15, 0.2) is 12.1 Å². The van der Waals surface area contributed by atoms with Crippen molar-refractivity contribution in [1.29, 1.82) is 0 Å². The molecule has 6 heteroatoms. The smallest absolute Gasteiger partial charge is 0.268 e. The third kappa shape index (κ3) is 2.96. The summed E-state index contributed by atoms with van der Waals surface area (Å²) in [5, 5.41) is 18.4. The molecule has 1 aliphatic rings. The molecule has 1 aliphatic heterocycles. The molecule has 21 heavy (non-hydrogen) atoms. The molecule has 0 spiro atoms. The first-order chi connectivity index (χ1) is 10.2. The number of carbonyl (C=O) groups is 1. The second-order valence-corrected chi connectivity index (χ2v) is 4.89. The molecule has 1 atom stereocenters. The molecule has 0 fully saturated rings. The summed E-state index contributed by atoms with van der Waals surface area (Å²) < 4.78 is 11.1. The van der Waals surface area contributed by atoms with Crippen molar-refractivity contribution in [2.45, 2.75) is 32.5 Å². The number of nitrogens with zero attached hydrogens (tertiary/aromatic N) is 1. The van der Waals surface area contributed by atoms with Gasteiger partial charge >= 0.3 is 0 Å². The van der Waals surface area contributed by atoms with Crippen molar-refractivity contribution in [3.63, 3.8) is 0 Å². The Hall–Kier alpha value is -1.79. The fourth-order valence-electron chi connectivity index (χ4n) is 2.41. The van der Waals surface area contributed by atoms with Gasteiger partial charge in [-0.25, -0.2) is 0 Å². The molecule has 2 N–H and O–H groups in total. The molecule has 1 amide bonds. The molecule has 6 nitrogen and oxygen atoms in total. The molecule has 1 unspecified atom stereocenters. The molecule has 1 aromatic carbocycles. The number of hydrogen-bond donors (Lipinski definition) is 2. The molecule has 0 radical (unpaired) electrons. The Balaban J connectivity index is 2.50. The maximum Gasteiger partial charge on any atom is 0.268 e. The first-order valence-electron chi connectivity index (χ1n) is 7.06. The number of carbonyl (C=O) groups excluding carboxylic acids is 1. The lowest BCUT2D eigenvalue weighted by Crippen LogP contribution is -2.46. The molecule has 0 aliphatic carbocycles. The van der Waals surface area contributed by atoms with Crippen LogP contribution < -0.4 is 14.4 Å². The Morgan fingerprint density at radius 3 is 2.71 bits per heavy atom. The lowest BCUT2D eigenvalue weighted by molar-refractivity contribution is -0.126. The van der Waals surface area contributed by atoms with Crippen LogP contribution in [0.5, 0.6) is 11.5 Å². The van der Waals surface area contributed by atoms with Gasteiger partial charge in [0.25, 0.3) is 5.91 Å². The standard InChI is InChI=1S/C15H21NO5/c1-3-12-15(19)16(5-4-6-17)11-7-10(9-18)8-13(20-2)14(11)21-12/h7-8,12,17-18H,3-6,9H2,1-2H3. The third-order valence-corrected chi connectivity index (χ3v) is 3.50. The molecule has 0 saturated heterocycles. The van der Waals surface area contributed by atoms with E-state index in [0.717, 1.165) is 0 Å². The van der Waals surface area contributed by atoms with Crippen molar-refractivity contribution in [3.8, 4) is 11.5 Å². The first kappa shape index (κ1) is 15.6. The largest absolute Gasteiger partial charge is 0.493 e. The summed E-state index contributed by atoms with van der Waals surface area (Å²) in [4.78, 5) is 14.0. The quantitative estimate of drug-likeness (QED) is 0.821. The predicted molar refractivity (Wildman–Crippen MR) is 77.7 cm³/mol. The van der Waals surface area contributed by atoms with Gasteiger partial charge in [-0.15, -0.1) is 0 Å². The average Bonchev–Trinajstić information content (AvgIpc) is 2.52. The van der Waals surface area contributed by atoms with E-state index in [2.05, 4.69) is 0 Å². The number of rotatable bonds is 6. The van der Waals surface area contributed by atoms with Crippen molar-refractivity contribution in [2.24, 2.45) is 0 Å². The highest BCUT2D eigenvalue weighted by Crippen LogP contribution is 2.43. The molecule has 0 aromatic heterocycles. The Bertz CT molecular complexity index is 517. The molecule has 1 heterocycles. The number of amides is 1. The van der Waals surface area contributed by atoms with E-state index in [-0.39, 0.29) is 19.1 Å². The summed E-state index contributed by atoms with van der Waals surface area (Å²) in [5.74, 6) is 0.881. The summed E-state index contributed by atoms with van der Waals surface area (Å²) in [6.07, 6.45) is 0.483. The van der Waals surface area contributed by atoms with E-state index in [1.165, 1.54) is 7.11 Å². The Labute approximate surface area is 123 Å². The average molecular weight is 295 g/mol. The molecule has 1 aromatic rings. The van der Waals surface area contributed by atoms with Crippen molar-refractivity contribution in [3.05, 3.63) is 17.7 Å². The van der Waals surface area contributed by atoms with Gasteiger partial charge in [-0.3, -0.25) is 4.79 Å². The molecule has 0 saturated carbocycles. The number of fused-ring (bicyclic) bond motifs is 1. The number of hydrogen-bond acceptors (Lipinski definition) is 5. The highest BCUT2D eigenvalue weighted by molar-refractivity contribution is 6.00. The SMILES string of the molecule is CCC1Oc2c(OC)cc(CO)cc2N(CCCO)C1=O. The Morgan fingerprint density at radius 1 is 1.38 bits per heavy atom. The molecule has 116 valence electrons. The van der Waals surface area contributed by atoms with E-state index < -0.39 is 6.10 Å². The van der Waals surface area contributed by atoms with Crippen LogP contribution in [0.4, 0.5) is 5.69 Å². The molecular formula is C15H21NO5. The highest BCUT2D eigenvalue weighted by atomic mass is 16.5. The first-order valence-corrected chi connectivity index (χ1v) is 7.06. The number of ether oxygens (including phenoxy) is 2. The minimum Gasteiger partial charge on any atom is -0.493 e. The van der Waals surface area contributed by atoms with Crippen LogP contribution in [0.3, 0.4) is 0 Å².